The topological polar surface area (TPSA) is 49.6 Å². The van der Waals surface area contributed by atoms with E-state index >= 15 is 0 Å². The smallest absolute Gasteiger partial charge is 0.266 e. The average molecular weight is 341 g/mol. The minimum atomic E-state index is 0.0936. The summed E-state index contributed by atoms with van der Waals surface area (Å²) in [4.78, 5) is 17.8. The van der Waals surface area contributed by atoms with E-state index < -0.39 is 0 Å². The van der Waals surface area contributed by atoms with Gasteiger partial charge in [0.2, 0.25) is 0 Å². The van der Waals surface area contributed by atoms with Gasteiger partial charge < -0.3 is 10.6 Å². The Kier molecular flexibility index (Phi) is 4.29. The van der Waals surface area contributed by atoms with Crippen molar-refractivity contribution in [3.63, 3.8) is 0 Å². The Hall–Kier alpha value is -1.85. The average Bonchev–Trinajstić information content (AvgIpc) is 3.07. The van der Waals surface area contributed by atoms with Crippen LogP contribution in [0.2, 0.25) is 0 Å². The SMILES string of the molecule is Nc1ccsc1C(=O)N1CCN([C@@H]2CCc3ccccc3C2)CC1. The summed E-state index contributed by atoms with van der Waals surface area (Å²) >= 11 is 1.44. The van der Waals surface area contributed by atoms with Gasteiger partial charge in [-0.1, -0.05) is 24.3 Å². The van der Waals surface area contributed by atoms with Crippen LogP contribution in [-0.2, 0) is 12.8 Å². The summed E-state index contributed by atoms with van der Waals surface area (Å²) in [5.41, 5.74) is 9.51. The Labute approximate surface area is 146 Å². The molecule has 0 unspecified atom stereocenters. The van der Waals surface area contributed by atoms with Gasteiger partial charge in [-0.15, -0.1) is 11.3 Å². The summed E-state index contributed by atoms with van der Waals surface area (Å²) in [5, 5.41) is 1.89. The molecule has 2 N–H and O–H groups in total. The lowest BCUT2D eigenvalue weighted by Crippen LogP contribution is -2.53. The molecule has 0 spiro atoms. The van der Waals surface area contributed by atoms with E-state index in [2.05, 4.69) is 29.2 Å². The molecule has 4 nitrogen and oxygen atoms in total. The molecule has 126 valence electrons. The third kappa shape index (κ3) is 2.94. The number of nitrogen functional groups attached to an aromatic ring is 1. The number of nitrogens with two attached hydrogens (primary N) is 1. The van der Waals surface area contributed by atoms with Crippen molar-refractivity contribution in [3.8, 4) is 0 Å². The van der Waals surface area contributed by atoms with E-state index in [9.17, 15) is 4.79 Å². The zero-order valence-electron chi connectivity index (χ0n) is 13.8. The number of carbonyl (C=O) groups is 1. The Bertz CT molecular complexity index is 734. The number of anilines is 1. The molecule has 1 saturated heterocycles. The van der Waals surface area contributed by atoms with Crippen molar-refractivity contribution in [1.82, 2.24) is 9.80 Å². The minimum absolute atomic E-state index is 0.0936. The van der Waals surface area contributed by atoms with Crippen molar-refractivity contribution in [1.29, 1.82) is 0 Å². The second-order valence-corrected chi connectivity index (χ2v) is 7.61. The number of carbonyl (C=O) groups excluding carboxylic acids is 1. The maximum absolute atomic E-state index is 12.6. The van der Waals surface area contributed by atoms with Gasteiger partial charge in [-0.2, -0.15) is 0 Å². The van der Waals surface area contributed by atoms with Crippen LogP contribution in [0.15, 0.2) is 35.7 Å². The van der Waals surface area contributed by atoms with Crippen LogP contribution in [0.5, 0.6) is 0 Å². The van der Waals surface area contributed by atoms with Gasteiger partial charge in [0.25, 0.3) is 5.91 Å². The number of nitrogens with zero attached hydrogens (tertiary/aromatic N) is 2. The maximum atomic E-state index is 12.6. The van der Waals surface area contributed by atoms with Gasteiger partial charge in [0, 0.05) is 32.2 Å². The molecule has 4 rings (SSSR count). The zero-order valence-corrected chi connectivity index (χ0v) is 14.6. The number of thiophene rings is 1. The number of benzene rings is 1. The van der Waals surface area contributed by atoms with Crippen molar-refractivity contribution in [3.05, 3.63) is 51.7 Å². The molecule has 0 bridgehead atoms. The van der Waals surface area contributed by atoms with Gasteiger partial charge >= 0.3 is 0 Å². The predicted molar refractivity (Wildman–Crippen MR) is 98.5 cm³/mol. The van der Waals surface area contributed by atoms with Gasteiger partial charge in [0.15, 0.2) is 0 Å². The number of piperazine rings is 1. The van der Waals surface area contributed by atoms with Crippen LogP contribution < -0.4 is 5.73 Å². The first kappa shape index (κ1) is 15.7. The molecular weight excluding hydrogens is 318 g/mol. The largest absolute Gasteiger partial charge is 0.397 e. The molecule has 1 aliphatic carbocycles. The first-order chi connectivity index (χ1) is 11.7. The highest BCUT2D eigenvalue weighted by atomic mass is 32.1. The molecule has 2 aliphatic rings. The lowest BCUT2D eigenvalue weighted by Gasteiger charge is -2.41. The summed E-state index contributed by atoms with van der Waals surface area (Å²) in [6.45, 7) is 3.52. The van der Waals surface area contributed by atoms with Crippen molar-refractivity contribution < 1.29 is 4.79 Å². The van der Waals surface area contributed by atoms with Crippen LogP contribution >= 0.6 is 11.3 Å². The van der Waals surface area contributed by atoms with Crippen LogP contribution in [-0.4, -0.2) is 47.9 Å². The van der Waals surface area contributed by atoms with Crippen molar-refractivity contribution in [2.24, 2.45) is 0 Å². The monoisotopic (exact) mass is 341 g/mol. The normalized spacial score (nSPS) is 21.5. The van der Waals surface area contributed by atoms with Gasteiger partial charge in [-0.05, 0) is 41.8 Å². The van der Waals surface area contributed by atoms with E-state index in [1.165, 1.54) is 35.3 Å². The third-order valence-electron chi connectivity index (χ3n) is 5.33. The van der Waals surface area contributed by atoms with Gasteiger partial charge in [-0.3, -0.25) is 9.69 Å². The number of hydrogen-bond acceptors (Lipinski definition) is 4. The Balaban J connectivity index is 1.37. The standard InChI is InChI=1S/C19H23N3OS/c20-17-7-12-24-18(17)19(23)22-10-8-21(9-11-22)16-6-5-14-3-1-2-4-15(14)13-16/h1-4,7,12,16H,5-6,8-11,13,20H2/t16-/m1/s1. The molecule has 1 atom stereocenters. The zero-order chi connectivity index (χ0) is 16.5. The summed E-state index contributed by atoms with van der Waals surface area (Å²) in [6.07, 6.45) is 3.54. The van der Waals surface area contributed by atoms with Crippen molar-refractivity contribution in [2.75, 3.05) is 31.9 Å². The Morgan fingerprint density at radius 2 is 1.83 bits per heavy atom. The fraction of sp³-hybridized carbons (Fsp3) is 0.421. The second kappa shape index (κ2) is 6.57. The molecule has 1 aliphatic heterocycles. The molecule has 0 saturated carbocycles. The highest BCUT2D eigenvalue weighted by molar-refractivity contribution is 7.12. The molecule has 1 aromatic carbocycles. The number of amides is 1. The summed E-state index contributed by atoms with van der Waals surface area (Å²) in [7, 11) is 0. The Morgan fingerprint density at radius 3 is 2.54 bits per heavy atom. The van der Waals surface area contributed by atoms with Crippen LogP contribution in [0.3, 0.4) is 0 Å². The fourth-order valence-electron chi connectivity index (χ4n) is 3.92. The second-order valence-electron chi connectivity index (χ2n) is 6.70. The van der Waals surface area contributed by atoms with Crippen LogP contribution in [0.25, 0.3) is 0 Å². The molecule has 5 heteroatoms. The van der Waals surface area contributed by atoms with Crippen LogP contribution in [0, 0.1) is 0 Å². The van der Waals surface area contributed by atoms with E-state index in [4.69, 9.17) is 5.73 Å². The number of rotatable bonds is 2. The highest BCUT2D eigenvalue weighted by Crippen LogP contribution is 2.26. The highest BCUT2D eigenvalue weighted by Gasteiger charge is 2.29. The van der Waals surface area contributed by atoms with Crippen LogP contribution in [0.4, 0.5) is 5.69 Å². The number of fused-ring (bicyclic) bond motifs is 1. The molecule has 1 amide bonds. The predicted octanol–water partition coefficient (Wildman–Crippen LogP) is 2.65. The van der Waals surface area contributed by atoms with Gasteiger partial charge in [0.05, 0.1) is 5.69 Å². The van der Waals surface area contributed by atoms with Crippen LogP contribution in [0.1, 0.15) is 27.2 Å². The van der Waals surface area contributed by atoms with Gasteiger partial charge in [0.1, 0.15) is 4.88 Å². The fourth-order valence-corrected chi connectivity index (χ4v) is 4.70. The maximum Gasteiger partial charge on any atom is 0.266 e. The minimum Gasteiger partial charge on any atom is -0.397 e. The molecule has 1 aromatic heterocycles. The summed E-state index contributed by atoms with van der Waals surface area (Å²) in [6, 6.07) is 11.2. The van der Waals surface area contributed by atoms with Crippen molar-refractivity contribution in [2.45, 2.75) is 25.3 Å². The molecule has 0 radical (unpaired) electrons. The molecule has 2 aromatic rings. The molecule has 1 fully saturated rings. The molecular formula is C19H23N3OS. The first-order valence-electron chi connectivity index (χ1n) is 8.65. The van der Waals surface area contributed by atoms with E-state index in [0.29, 0.717) is 16.6 Å². The molecule has 24 heavy (non-hydrogen) atoms. The number of aryl methyl sites for hydroxylation is 1. The lowest BCUT2D eigenvalue weighted by atomic mass is 9.87. The van der Waals surface area contributed by atoms with E-state index in [1.807, 2.05) is 16.3 Å². The first-order valence-corrected chi connectivity index (χ1v) is 9.53. The Morgan fingerprint density at radius 1 is 1.08 bits per heavy atom. The van der Waals surface area contributed by atoms with E-state index in [0.717, 1.165) is 32.6 Å². The lowest BCUT2D eigenvalue weighted by molar-refractivity contribution is 0.0558. The van der Waals surface area contributed by atoms with E-state index in [1.54, 1.807) is 0 Å². The molecule has 2 heterocycles. The van der Waals surface area contributed by atoms with E-state index in [-0.39, 0.29) is 5.91 Å². The third-order valence-corrected chi connectivity index (χ3v) is 6.25. The quantitative estimate of drug-likeness (QED) is 0.913. The summed E-state index contributed by atoms with van der Waals surface area (Å²) in [5.74, 6) is 0.0936. The van der Waals surface area contributed by atoms with Crippen molar-refractivity contribution >= 4 is 22.9 Å². The summed E-state index contributed by atoms with van der Waals surface area (Å²) < 4.78 is 0. The van der Waals surface area contributed by atoms with Gasteiger partial charge in [-0.25, -0.2) is 0 Å². The number of hydrogen-bond donors (Lipinski definition) is 1.